The third-order valence-electron chi connectivity index (χ3n) is 1.65. The van der Waals surface area contributed by atoms with Gasteiger partial charge in [0.05, 0.1) is 0 Å². The summed E-state index contributed by atoms with van der Waals surface area (Å²) < 4.78 is 0. The molecule has 0 aromatic heterocycles. The van der Waals surface area contributed by atoms with E-state index in [0.717, 1.165) is 0 Å². The van der Waals surface area contributed by atoms with Crippen molar-refractivity contribution in [3.8, 4) is 0 Å². The Hall–Kier alpha value is -0.0231. The third kappa shape index (κ3) is 3.90. The molecule has 1 N–H and O–H groups in total. The fourth-order valence-electron chi connectivity index (χ4n) is 0.505. The lowest BCUT2D eigenvalue weighted by molar-refractivity contribution is -0.137. The van der Waals surface area contributed by atoms with Gasteiger partial charge in [0.25, 0.3) is 0 Å². The van der Waals surface area contributed by atoms with Crippen molar-refractivity contribution in [3.05, 3.63) is 0 Å². The van der Waals surface area contributed by atoms with Crippen LogP contribution in [0.5, 0.6) is 0 Å². The summed E-state index contributed by atoms with van der Waals surface area (Å²) in [5.74, 6) is -0.756. The van der Waals surface area contributed by atoms with Crippen LogP contribution in [0.3, 0.4) is 0 Å². The Morgan fingerprint density at radius 2 is 2.10 bits per heavy atom. The summed E-state index contributed by atoms with van der Waals surface area (Å²) in [7, 11) is -1.73. The molecule has 4 heteroatoms. The van der Waals surface area contributed by atoms with Crippen molar-refractivity contribution in [2.75, 3.05) is 0 Å². The van der Waals surface area contributed by atoms with Gasteiger partial charge in [0.15, 0.2) is 7.38 Å². The Bertz CT molecular complexity index is 130. The Morgan fingerprint density at radius 1 is 1.70 bits per heavy atom. The standard InChI is InChI=1S/C6H13ClO2Si/c1-5(4-6(8)9)10(2,3)7/h5H,4H2,1-3H3,(H,8,9). The average Bonchev–Trinajstić information content (AvgIpc) is 1.60. The van der Waals surface area contributed by atoms with Gasteiger partial charge < -0.3 is 5.11 Å². The second kappa shape index (κ2) is 3.39. The topological polar surface area (TPSA) is 37.3 Å². The van der Waals surface area contributed by atoms with Gasteiger partial charge in [0.2, 0.25) is 0 Å². The lowest BCUT2D eigenvalue weighted by Crippen LogP contribution is -2.24. The molecule has 0 spiro atoms. The molecule has 1 unspecified atom stereocenters. The van der Waals surface area contributed by atoms with Crippen molar-refractivity contribution in [1.82, 2.24) is 0 Å². The highest BCUT2D eigenvalue weighted by atomic mass is 35.6. The molecule has 0 aliphatic heterocycles. The molecule has 10 heavy (non-hydrogen) atoms. The first-order valence-electron chi connectivity index (χ1n) is 3.24. The molecule has 0 heterocycles. The number of carboxylic acid groups (broad SMARTS) is 1. The van der Waals surface area contributed by atoms with Crippen LogP contribution in [0.25, 0.3) is 0 Å². The molecule has 1 atom stereocenters. The quantitative estimate of drug-likeness (QED) is 0.535. The molecule has 0 saturated heterocycles. The van der Waals surface area contributed by atoms with E-state index in [9.17, 15) is 4.79 Å². The van der Waals surface area contributed by atoms with E-state index < -0.39 is 13.4 Å². The minimum absolute atomic E-state index is 0.145. The molecule has 0 fully saturated rings. The Labute approximate surface area is 66.9 Å². The second-order valence-corrected chi connectivity index (χ2v) is 10.1. The van der Waals surface area contributed by atoms with E-state index in [-0.39, 0.29) is 12.0 Å². The Morgan fingerprint density at radius 3 is 2.20 bits per heavy atom. The molecule has 0 radical (unpaired) electrons. The molecular weight excluding hydrogens is 168 g/mol. The Balaban J connectivity index is 3.85. The Kier molecular flexibility index (Phi) is 3.38. The minimum Gasteiger partial charge on any atom is -0.481 e. The predicted molar refractivity (Wildman–Crippen MR) is 45.0 cm³/mol. The van der Waals surface area contributed by atoms with E-state index in [1.165, 1.54) is 0 Å². The zero-order valence-electron chi connectivity index (χ0n) is 6.52. The van der Waals surface area contributed by atoms with E-state index in [1.807, 2.05) is 20.0 Å². The van der Waals surface area contributed by atoms with Crippen molar-refractivity contribution in [2.24, 2.45) is 0 Å². The third-order valence-corrected chi connectivity index (χ3v) is 5.32. The van der Waals surface area contributed by atoms with Crippen LogP contribution in [0.2, 0.25) is 18.6 Å². The second-order valence-electron chi connectivity index (χ2n) is 3.06. The lowest BCUT2D eigenvalue weighted by Gasteiger charge is -2.19. The number of carboxylic acids is 1. The number of halogens is 1. The maximum atomic E-state index is 10.2. The van der Waals surface area contributed by atoms with Crippen LogP contribution >= 0.6 is 11.1 Å². The van der Waals surface area contributed by atoms with Crippen molar-refractivity contribution < 1.29 is 9.90 Å². The first-order valence-corrected chi connectivity index (χ1v) is 7.33. The van der Waals surface area contributed by atoms with Gasteiger partial charge in [-0.25, -0.2) is 0 Å². The number of rotatable bonds is 3. The van der Waals surface area contributed by atoms with E-state index >= 15 is 0 Å². The van der Waals surface area contributed by atoms with Gasteiger partial charge in [-0.3, -0.25) is 4.79 Å². The molecular formula is C6H13ClO2Si. The van der Waals surface area contributed by atoms with Crippen LogP contribution in [0.4, 0.5) is 0 Å². The number of hydrogen-bond acceptors (Lipinski definition) is 1. The van der Waals surface area contributed by atoms with Crippen LogP contribution in [0, 0.1) is 0 Å². The van der Waals surface area contributed by atoms with Crippen molar-refractivity contribution >= 4 is 24.4 Å². The van der Waals surface area contributed by atoms with Gasteiger partial charge in [0, 0.05) is 6.42 Å². The maximum Gasteiger partial charge on any atom is 0.303 e. The van der Waals surface area contributed by atoms with Crippen LogP contribution in [0.15, 0.2) is 0 Å². The highest BCUT2D eigenvalue weighted by molar-refractivity contribution is 7.19. The largest absolute Gasteiger partial charge is 0.481 e. The highest BCUT2D eigenvalue weighted by Gasteiger charge is 2.27. The molecule has 0 aliphatic carbocycles. The molecule has 2 nitrogen and oxygen atoms in total. The van der Waals surface area contributed by atoms with Gasteiger partial charge >= 0.3 is 5.97 Å². The summed E-state index contributed by atoms with van der Waals surface area (Å²) in [4.78, 5) is 10.2. The summed E-state index contributed by atoms with van der Waals surface area (Å²) in [6, 6.07) is 0. The minimum atomic E-state index is -1.73. The fourth-order valence-corrected chi connectivity index (χ4v) is 1.40. The predicted octanol–water partition coefficient (Wildman–Crippen LogP) is 2.30. The van der Waals surface area contributed by atoms with E-state index in [0.29, 0.717) is 0 Å². The summed E-state index contributed by atoms with van der Waals surface area (Å²) in [6.07, 6.45) is 0.197. The number of hydrogen-bond donors (Lipinski definition) is 1. The molecule has 0 rings (SSSR count). The normalized spacial score (nSPS) is 14.8. The zero-order valence-corrected chi connectivity index (χ0v) is 8.27. The highest BCUT2D eigenvalue weighted by Crippen LogP contribution is 2.27. The summed E-state index contributed by atoms with van der Waals surface area (Å²) in [5, 5.41) is 8.41. The molecule has 0 bridgehead atoms. The fraction of sp³-hybridized carbons (Fsp3) is 0.833. The average molecular weight is 181 g/mol. The van der Waals surface area contributed by atoms with Crippen LogP contribution < -0.4 is 0 Å². The molecule has 0 amide bonds. The van der Waals surface area contributed by atoms with Crippen molar-refractivity contribution in [1.29, 1.82) is 0 Å². The van der Waals surface area contributed by atoms with Gasteiger partial charge in [-0.05, 0) is 5.54 Å². The van der Waals surface area contributed by atoms with Gasteiger partial charge in [-0.1, -0.05) is 20.0 Å². The molecule has 0 saturated carbocycles. The van der Waals surface area contributed by atoms with E-state index in [4.69, 9.17) is 16.2 Å². The van der Waals surface area contributed by atoms with Gasteiger partial charge in [0.1, 0.15) is 0 Å². The molecule has 0 aromatic rings. The number of aliphatic carboxylic acids is 1. The monoisotopic (exact) mass is 180 g/mol. The smallest absolute Gasteiger partial charge is 0.303 e. The lowest BCUT2D eigenvalue weighted by atomic mass is 10.3. The van der Waals surface area contributed by atoms with Crippen LogP contribution in [-0.4, -0.2) is 18.5 Å². The van der Waals surface area contributed by atoms with E-state index in [2.05, 4.69) is 0 Å². The number of carbonyl (C=O) groups is 1. The van der Waals surface area contributed by atoms with Crippen molar-refractivity contribution in [3.63, 3.8) is 0 Å². The molecule has 0 aliphatic rings. The first-order chi connectivity index (χ1) is 4.34. The van der Waals surface area contributed by atoms with Crippen molar-refractivity contribution in [2.45, 2.75) is 32.0 Å². The first kappa shape index (κ1) is 9.98. The SMILES string of the molecule is CC(CC(=O)O)[Si](C)(C)Cl. The zero-order chi connectivity index (χ0) is 8.36. The van der Waals surface area contributed by atoms with Crippen LogP contribution in [0.1, 0.15) is 13.3 Å². The molecule has 60 valence electrons. The summed E-state index contributed by atoms with van der Waals surface area (Å²) in [6.45, 7) is 5.82. The van der Waals surface area contributed by atoms with Gasteiger partial charge in [-0.2, -0.15) is 11.1 Å². The maximum absolute atomic E-state index is 10.2. The molecule has 0 aromatic carbocycles. The summed E-state index contributed by atoms with van der Waals surface area (Å²) in [5.41, 5.74) is 0.145. The van der Waals surface area contributed by atoms with Gasteiger partial charge in [-0.15, -0.1) is 0 Å². The van der Waals surface area contributed by atoms with E-state index in [1.54, 1.807) is 0 Å². The van der Waals surface area contributed by atoms with Crippen LogP contribution in [-0.2, 0) is 4.79 Å². The summed E-state index contributed by atoms with van der Waals surface area (Å²) >= 11 is 6.00.